The molecule has 1 aromatic carbocycles. The van der Waals surface area contributed by atoms with Gasteiger partial charge in [-0.25, -0.2) is 0 Å². The second-order valence-corrected chi connectivity index (χ2v) is 6.12. The topological polar surface area (TPSA) is 20.3 Å². The van der Waals surface area contributed by atoms with Crippen LogP contribution in [-0.4, -0.2) is 21.7 Å². The average Bonchev–Trinajstić information content (AvgIpc) is 2.61. The predicted molar refractivity (Wildman–Crippen MR) is 86.0 cm³/mol. The van der Waals surface area contributed by atoms with Gasteiger partial charge in [0.25, 0.3) is 5.91 Å². The van der Waals surface area contributed by atoms with Crippen LogP contribution in [0.25, 0.3) is 6.08 Å². The Balaban J connectivity index is 2.32. The first-order valence-corrected chi connectivity index (χ1v) is 7.19. The fourth-order valence-corrected chi connectivity index (χ4v) is 3.18. The number of carbonyl (C=O) groups excluding carboxylic acids is 1. The number of aryl methyl sites for hydroxylation is 2. The van der Waals surface area contributed by atoms with Gasteiger partial charge in [0.2, 0.25) is 0 Å². The molecular weight excluding hydrogens is 274 g/mol. The van der Waals surface area contributed by atoms with E-state index in [1.807, 2.05) is 25.1 Å². The molecule has 1 fully saturated rings. The summed E-state index contributed by atoms with van der Waals surface area (Å²) in [4.78, 5) is 14.4. The molecule has 1 heterocycles. The molecule has 0 aromatic heterocycles. The van der Waals surface area contributed by atoms with Crippen LogP contribution < -0.4 is 0 Å². The maximum absolute atomic E-state index is 12.2. The third kappa shape index (κ3) is 2.96. The Kier molecular flexibility index (Phi) is 4.22. The lowest BCUT2D eigenvalue weighted by atomic mass is 10.1. The standard InChI is InChI=1S/C15H15NOS2/c1-4-7-16-14(17)13(19-15(16)18)9-12-6-5-10(2)8-11(12)3/h4-6,8-9H,1,7H2,2-3H3/b13-9-. The molecule has 1 aromatic rings. The van der Waals surface area contributed by atoms with Crippen molar-refractivity contribution < 1.29 is 4.79 Å². The molecular formula is C15H15NOS2. The summed E-state index contributed by atoms with van der Waals surface area (Å²) in [6.45, 7) is 8.21. The number of amides is 1. The average molecular weight is 289 g/mol. The van der Waals surface area contributed by atoms with E-state index in [2.05, 4.69) is 19.6 Å². The van der Waals surface area contributed by atoms with Crippen LogP contribution in [0.5, 0.6) is 0 Å². The molecule has 0 atom stereocenters. The van der Waals surface area contributed by atoms with Gasteiger partial charge in [0.05, 0.1) is 4.91 Å². The molecule has 19 heavy (non-hydrogen) atoms. The number of carbonyl (C=O) groups is 1. The van der Waals surface area contributed by atoms with Gasteiger partial charge in [0, 0.05) is 6.54 Å². The highest BCUT2D eigenvalue weighted by atomic mass is 32.2. The molecule has 0 N–H and O–H groups in total. The van der Waals surface area contributed by atoms with Gasteiger partial charge in [0.1, 0.15) is 4.32 Å². The molecule has 98 valence electrons. The summed E-state index contributed by atoms with van der Waals surface area (Å²) >= 11 is 6.56. The number of thioether (sulfide) groups is 1. The van der Waals surface area contributed by atoms with Crippen molar-refractivity contribution in [1.29, 1.82) is 0 Å². The molecule has 1 aliphatic heterocycles. The predicted octanol–water partition coefficient (Wildman–Crippen LogP) is 3.69. The minimum Gasteiger partial charge on any atom is -0.289 e. The number of hydrogen-bond acceptors (Lipinski definition) is 3. The van der Waals surface area contributed by atoms with Gasteiger partial charge < -0.3 is 0 Å². The summed E-state index contributed by atoms with van der Waals surface area (Å²) in [6, 6.07) is 6.18. The molecule has 4 heteroatoms. The van der Waals surface area contributed by atoms with Crippen LogP contribution in [-0.2, 0) is 4.79 Å². The Bertz CT molecular complexity index is 590. The highest BCUT2D eigenvalue weighted by Crippen LogP contribution is 2.32. The van der Waals surface area contributed by atoms with Crippen LogP contribution in [0.15, 0.2) is 35.8 Å². The van der Waals surface area contributed by atoms with Crippen LogP contribution in [0.3, 0.4) is 0 Å². The van der Waals surface area contributed by atoms with E-state index in [4.69, 9.17) is 12.2 Å². The SMILES string of the molecule is C=CCN1C(=O)/C(=C/c2ccc(C)cc2C)SC1=S. The van der Waals surface area contributed by atoms with E-state index in [0.29, 0.717) is 15.8 Å². The van der Waals surface area contributed by atoms with Crippen LogP contribution in [0.2, 0.25) is 0 Å². The molecule has 2 rings (SSSR count). The number of nitrogens with zero attached hydrogens (tertiary/aromatic N) is 1. The highest BCUT2D eigenvalue weighted by Gasteiger charge is 2.30. The summed E-state index contributed by atoms with van der Waals surface area (Å²) in [7, 11) is 0. The molecule has 0 radical (unpaired) electrons. The molecule has 1 amide bonds. The fraction of sp³-hybridized carbons (Fsp3) is 0.200. The first kappa shape index (κ1) is 14.0. The summed E-state index contributed by atoms with van der Waals surface area (Å²) in [5.74, 6) is -0.0325. The minimum atomic E-state index is -0.0325. The Hall–Kier alpha value is -1.39. The van der Waals surface area contributed by atoms with E-state index in [0.717, 1.165) is 11.1 Å². The lowest BCUT2D eigenvalue weighted by molar-refractivity contribution is -0.121. The van der Waals surface area contributed by atoms with Crippen LogP contribution in [0, 0.1) is 13.8 Å². The zero-order valence-corrected chi connectivity index (χ0v) is 12.6. The summed E-state index contributed by atoms with van der Waals surface area (Å²) in [5, 5.41) is 0. The van der Waals surface area contributed by atoms with E-state index in [9.17, 15) is 4.79 Å². The third-order valence-corrected chi connectivity index (χ3v) is 4.27. The smallest absolute Gasteiger partial charge is 0.266 e. The van der Waals surface area contributed by atoms with Gasteiger partial charge in [-0.1, -0.05) is 53.8 Å². The van der Waals surface area contributed by atoms with Crippen LogP contribution in [0.1, 0.15) is 16.7 Å². The first-order chi connectivity index (χ1) is 9.02. The Morgan fingerprint density at radius 1 is 1.42 bits per heavy atom. The molecule has 0 aliphatic carbocycles. The van der Waals surface area contributed by atoms with Crippen molar-refractivity contribution in [3.05, 3.63) is 52.4 Å². The van der Waals surface area contributed by atoms with Crippen molar-refractivity contribution in [2.24, 2.45) is 0 Å². The van der Waals surface area contributed by atoms with E-state index in [-0.39, 0.29) is 5.91 Å². The lowest BCUT2D eigenvalue weighted by Crippen LogP contribution is -2.27. The van der Waals surface area contributed by atoms with Crippen molar-refractivity contribution in [1.82, 2.24) is 4.90 Å². The third-order valence-electron chi connectivity index (χ3n) is 2.90. The van der Waals surface area contributed by atoms with Gasteiger partial charge in [-0.3, -0.25) is 9.69 Å². The fourth-order valence-electron chi connectivity index (χ4n) is 1.92. The first-order valence-electron chi connectivity index (χ1n) is 5.96. The Morgan fingerprint density at radius 2 is 2.16 bits per heavy atom. The highest BCUT2D eigenvalue weighted by molar-refractivity contribution is 8.26. The van der Waals surface area contributed by atoms with Gasteiger partial charge in [-0.2, -0.15) is 0 Å². The van der Waals surface area contributed by atoms with E-state index >= 15 is 0 Å². The summed E-state index contributed by atoms with van der Waals surface area (Å²) in [5.41, 5.74) is 3.44. The number of hydrogen-bond donors (Lipinski definition) is 0. The number of rotatable bonds is 3. The van der Waals surface area contributed by atoms with Crippen molar-refractivity contribution in [2.75, 3.05) is 6.54 Å². The Labute approximate surface area is 123 Å². The molecule has 0 bridgehead atoms. The molecule has 2 nitrogen and oxygen atoms in total. The van der Waals surface area contributed by atoms with Crippen molar-refractivity contribution in [2.45, 2.75) is 13.8 Å². The molecule has 0 unspecified atom stereocenters. The van der Waals surface area contributed by atoms with E-state index in [1.54, 1.807) is 11.0 Å². The van der Waals surface area contributed by atoms with Crippen molar-refractivity contribution in [3.8, 4) is 0 Å². The summed E-state index contributed by atoms with van der Waals surface area (Å²) < 4.78 is 0.598. The van der Waals surface area contributed by atoms with E-state index < -0.39 is 0 Å². The Morgan fingerprint density at radius 3 is 2.79 bits per heavy atom. The maximum atomic E-state index is 12.2. The largest absolute Gasteiger partial charge is 0.289 e. The van der Waals surface area contributed by atoms with Crippen molar-refractivity contribution >= 4 is 40.3 Å². The molecule has 1 saturated heterocycles. The number of benzene rings is 1. The normalized spacial score (nSPS) is 17.4. The second-order valence-electron chi connectivity index (χ2n) is 4.44. The zero-order chi connectivity index (χ0) is 14.0. The lowest BCUT2D eigenvalue weighted by Gasteiger charge is -2.10. The molecule has 0 spiro atoms. The monoisotopic (exact) mass is 289 g/mol. The molecule has 0 saturated carbocycles. The van der Waals surface area contributed by atoms with Gasteiger partial charge >= 0.3 is 0 Å². The quantitative estimate of drug-likeness (QED) is 0.481. The maximum Gasteiger partial charge on any atom is 0.266 e. The second kappa shape index (κ2) is 5.72. The minimum absolute atomic E-state index is 0.0325. The van der Waals surface area contributed by atoms with Gasteiger partial charge in [0.15, 0.2) is 0 Å². The van der Waals surface area contributed by atoms with Crippen LogP contribution in [0.4, 0.5) is 0 Å². The molecule has 1 aliphatic rings. The number of thiocarbonyl (C=S) groups is 1. The van der Waals surface area contributed by atoms with Gasteiger partial charge in [-0.15, -0.1) is 6.58 Å². The van der Waals surface area contributed by atoms with Crippen LogP contribution >= 0.6 is 24.0 Å². The summed E-state index contributed by atoms with van der Waals surface area (Å²) in [6.07, 6.45) is 3.60. The van der Waals surface area contributed by atoms with Gasteiger partial charge in [-0.05, 0) is 31.1 Å². The van der Waals surface area contributed by atoms with E-state index in [1.165, 1.54) is 17.3 Å². The zero-order valence-electron chi connectivity index (χ0n) is 11.0. The van der Waals surface area contributed by atoms with Crippen molar-refractivity contribution in [3.63, 3.8) is 0 Å².